The van der Waals surface area contributed by atoms with Crippen LogP contribution in [0.4, 0.5) is 0 Å². The predicted molar refractivity (Wildman–Crippen MR) is 83.4 cm³/mol. The van der Waals surface area contributed by atoms with Crippen molar-refractivity contribution < 1.29 is 9.47 Å². The van der Waals surface area contributed by atoms with Crippen LogP contribution in [0.5, 0.6) is 0 Å². The Bertz CT molecular complexity index is 599. The first-order chi connectivity index (χ1) is 9.20. The summed E-state index contributed by atoms with van der Waals surface area (Å²) in [6.07, 6.45) is 4.08. The van der Waals surface area contributed by atoms with E-state index in [1.807, 2.05) is 0 Å². The van der Waals surface area contributed by atoms with E-state index in [1.165, 1.54) is 14.8 Å². The molecule has 0 spiro atoms. The van der Waals surface area contributed by atoms with Crippen LogP contribution in [-0.2, 0) is 21.7 Å². The predicted octanol–water partition coefficient (Wildman–Crippen LogP) is 3.72. The summed E-state index contributed by atoms with van der Waals surface area (Å²) in [5, 5.41) is 0. The molecule has 2 aromatic heterocycles. The number of pyridine rings is 1. The van der Waals surface area contributed by atoms with Gasteiger partial charge in [-0.05, 0) is 52.8 Å². The molecular weight excluding hydrogens is 353 g/mol. The molecule has 1 fully saturated rings. The van der Waals surface area contributed by atoms with Gasteiger partial charge in [0.1, 0.15) is 0 Å². The van der Waals surface area contributed by atoms with Gasteiger partial charge < -0.3 is 13.9 Å². The summed E-state index contributed by atoms with van der Waals surface area (Å²) in [5.41, 5.74) is 3.69. The van der Waals surface area contributed by atoms with Crippen molar-refractivity contribution in [3.63, 3.8) is 0 Å². The number of halogens is 1. The molecule has 2 aromatic rings. The van der Waals surface area contributed by atoms with Crippen LogP contribution in [0, 0.1) is 3.70 Å². The van der Waals surface area contributed by atoms with Crippen LogP contribution >= 0.6 is 22.6 Å². The van der Waals surface area contributed by atoms with E-state index in [1.54, 1.807) is 0 Å². The SMILES string of the molecule is CCc1cc2c(C3(CC)OCCO3)ccc(I)n2c1. The van der Waals surface area contributed by atoms with Crippen LogP contribution in [-0.4, -0.2) is 17.6 Å². The molecule has 4 heteroatoms. The van der Waals surface area contributed by atoms with Gasteiger partial charge in [0, 0.05) is 18.2 Å². The van der Waals surface area contributed by atoms with Gasteiger partial charge in [-0.15, -0.1) is 0 Å². The monoisotopic (exact) mass is 371 g/mol. The van der Waals surface area contributed by atoms with Crippen molar-refractivity contribution in [2.75, 3.05) is 13.2 Å². The van der Waals surface area contributed by atoms with Gasteiger partial charge in [-0.25, -0.2) is 0 Å². The number of aromatic nitrogens is 1. The topological polar surface area (TPSA) is 22.9 Å². The van der Waals surface area contributed by atoms with Gasteiger partial charge in [0.05, 0.1) is 22.4 Å². The van der Waals surface area contributed by atoms with E-state index in [4.69, 9.17) is 9.47 Å². The molecule has 0 bridgehead atoms. The third-order valence-electron chi connectivity index (χ3n) is 3.81. The molecule has 1 aliphatic heterocycles. The van der Waals surface area contributed by atoms with Crippen molar-refractivity contribution in [3.8, 4) is 0 Å². The second-order valence-electron chi connectivity index (χ2n) is 4.83. The number of hydrogen-bond donors (Lipinski definition) is 0. The molecule has 0 aliphatic carbocycles. The zero-order valence-corrected chi connectivity index (χ0v) is 13.4. The molecule has 0 N–H and O–H groups in total. The number of hydrogen-bond acceptors (Lipinski definition) is 2. The lowest BCUT2D eigenvalue weighted by Crippen LogP contribution is -2.26. The van der Waals surface area contributed by atoms with Crippen molar-refractivity contribution >= 4 is 28.1 Å². The maximum Gasteiger partial charge on any atom is 0.196 e. The van der Waals surface area contributed by atoms with Crippen LogP contribution < -0.4 is 0 Å². The Morgan fingerprint density at radius 3 is 2.63 bits per heavy atom. The first-order valence-electron chi connectivity index (χ1n) is 6.78. The summed E-state index contributed by atoms with van der Waals surface area (Å²) in [5.74, 6) is -0.561. The lowest BCUT2D eigenvalue weighted by atomic mass is 10.0. The highest BCUT2D eigenvalue weighted by Crippen LogP contribution is 2.38. The first-order valence-corrected chi connectivity index (χ1v) is 7.86. The van der Waals surface area contributed by atoms with Crippen molar-refractivity contribution in [3.05, 3.63) is 39.2 Å². The summed E-state index contributed by atoms with van der Waals surface area (Å²) in [7, 11) is 0. The molecule has 19 heavy (non-hydrogen) atoms. The van der Waals surface area contributed by atoms with E-state index in [2.05, 4.69) is 65.2 Å². The van der Waals surface area contributed by atoms with Crippen molar-refractivity contribution in [1.29, 1.82) is 0 Å². The number of ether oxygens (including phenoxy) is 2. The molecule has 102 valence electrons. The highest BCUT2D eigenvalue weighted by atomic mass is 127. The van der Waals surface area contributed by atoms with Crippen LogP contribution in [0.3, 0.4) is 0 Å². The molecule has 0 saturated carbocycles. The van der Waals surface area contributed by atoms with Gasteiger partial charge in [-0.1, -0.05) is 13.8 Å². The van der Waals surface area contributed by atoms with Crippen molar-refractivity contribution in [2.24, 2.45) is 0 Å². The maximum atomic E-state index is 5.93. The van der Waals surface area contributed by atoms with E-state index >= 15 is 0 Å². The smallest absolute Gasteiger partial charge is 0.196 e. The molecule has 3 heterocycles. The molecule has 0 unspecified atom stereocenters. The third-order valence-corrected chi connectivity index (χ3v) is 4.69. The van der Waals surface area contributed by atoms with Gasteiger partial charge in [0.15, 0.2) is 5.79 Å². The average Bonchev–Trinajstić information content (AvgIpc) is 3.06. The average molecular weight is 371 g/mol. The summed E-state index contributed by atoms with van der Waals surface area (Å²) in [4.78, 5) is 0. The lowest BCUT2D eigenvalue weighted by molar-refractivity contribution is -0.166. The minimum atomic E-state index is -0.561. The molecule has 0 amide bonds. The van der Waals surface area contributed by atoms with Crippen LogP contribution in [0.1, 0.15) is 31.4 Å². The zero-order chi connectivity index (χ0) is 13.5. The Kier molecular flexibility index (Phi) is 3.57. The molecule has 1 saturated heterocycles. The van der Waals surface area contributed by atoms with Gasteiger partial charge in [-0.3, -0.25) is 0 Å². The maximum absolute atomic E-state index is 5.93. The van der Waals surface area contributed by atoms with E-state index in [9.17, 15) is 0 Å². The highest BCUT2D eigenvalue weighted by molar-refractivity contribution is 14.1. The Morgan fingerprint density at radius 1 is 1.26 bits per heavy atom. The molecule has 1 aliphatic rings. The molecule has 3 nitrogen and oxygen atoms in total. The minimum Gasteiger partial charge on any atom is -0.343 e. The lowest BCUT2D eigenvalue weighted by Gasteiger charge is -2.27. The van der Waals surface area contributed by atoms with E-state index in [0.717, 1.165) is 18.4 Å². The second-order valence-corrected chi connectivity index (χ2v) is 5.94. The fourth-order valence-electron chi connectivity index (χ4n) is 2.74. The summed E-state index contributed by atoms with van der Waals surface area (Å²) >= 11 is 2.37. The Hall–Kier alpha value is -0.590. The van der Waals surface area contributed by atoms with Crippen LogP contribution in [0.15, 0.2) is 24.4 Å². The number of fused-ring (bicyclic) bond motifs is 1. The summed E-state index contributed by atoms with van der Waals surface area (Å²) in [6.45, 7) is 5.64. The fraction of sp³-hybridized carbons (Fsp3) is 0.467. The normalized spacial score (nSPS) is 18.3. The zero-order valence-electron chi connectivity index (χ0n) is 11.3. The molecule has 0 radical (unpaired) electrons. The number of aryl methyl sites for hydroxylation is 1. The molecule has 0 aromatic carbocycles. The summed E-state index contributed by atoms with van der Waals surface area (Å²) in [6, 6.07) is 6.52. The van der Waals surface area contributed by atoms with Gasteiger partial charge in [0.25, 0.3) is 0 Å². The Balaban J connectivity index is 2.23. The standard InChI is InChI=1S/C15H18INO2/c1-3-11-9-13-12(5-6-14(16)17(13)10-11)15(4-2)18-7-8-19-15/h5-6,9-10H,3-4,7-8H2,1-2H3. The van der Waals surface area contributed by atoms with E-state index in [0.29, 0.717) is 13.2 Å². The Morgan fingerprint density at radius 2 is 2.00 bits per heavy atom. The van der Waals surface area contributed by atoms with Gasteiger partial charge in [-0.2, -0.15) is 0 Å². The number of rotatable bonds is 3. The van der Waals surface area contributed by atoms with E-state index < -0.39 is 5.79 Å². The second kappa shape index (κ2) is 5.07. The van der Waals surface area contributed by atoms with Gasteiger partial charge in [0.2, 0.25) is 0 Å². The molecular formula is C15H18INO2. The van der Waals surface area contributed by atoms with Gasteiger partial charge >= 0.3 is 0 Å². The highest BCUT2D eigenvalue weighted by Gasteiger charge is 2.38. The quantitative estimate of drug-likeness (QED) is 0.607. The number of nitrogens with zero attached hydrogens (tertiary/aromatic N) is 1. The van der Waals surface area contributed by atoms with Crippen LogP contribution in [0.25, 0.3) is 5.52 Å². The molecule has 3 rings (SSSR count). The largest absolute Gasteiger partial charge is 0.343 e. The van der Waals surface area contributed by atoms with Crippen LogP contribution in [0.2, 0.25) is 0 Å². The third kappa shape index (κ3) is 2.10. The molecule has 0 atom stereocenters. The first kappa shape index (κ1) is 13.4. The fourth-order valence-corrected chi connectivity index (χ4v) is 3.32. The van der Waals surface area contributed by atoms with E-state index in [-0.39, 0.29) is 0 Å². The minimum absolute atomic E-state index is 0.561. The summed E-state index contributed by atoms with van der Waals surface area (Å²) < 4.78 is 15.3. The van der Waals surface area contributed by atoms with Crippen molar-refractivity contribution in [2.45, 2.75) is 32.5 Å². The van der Waals surface area contributed by atoms with Crippen molar-refractivity contribution in [1.82, 2.24) is 4.40 Å². The Labute approximate surface area is 127 Å².